The summed E-state index contributed by atoms with van der Waals surface area (Å²) < 4.78 is 0. The summed E-state index contributed by atoms with van der Waals surface area (Å²) in [6.45, 7) is 0. The number of benzene rings is 4. The SMILES string of the molecule is NC(=O)c1ccc(N=Nc2c(O)c(C(=O)Nc3cccc([N+](=O)[O-])c3)cc3ccccc23)cc1. The van der Waals surface area contributed by atoms with Crippen molar-refractivity contribution in [3.8, 4) is 5.75 Å². The molecule has 10 heteroatoms. The minimum Gasteiger partial charge on any atom is -0.505 e. The van der Waals surface area contributed by atoms with E-state index in [0.717, 1.165) is 0 Å². The van der Waals surface area contributed by atoms with Crippen LogP contribution in [-0.4, -0.2) is 21.8 Å². The summed E-state index contributed by atoms with van der Waals surface area (Å²) in [6.07, 6.45) is 0. The number of phenolic OH excluding ortho intramolecular Hbond substituents is 1. The Morgan fingerprint density at radius 1 is 0.941 bits per heavy atom. The standard InChI is InChI=1S/C24H17N5O5/c25-23(31)14-8-10-16(11-9-14)27-28-21-19-7-2-1-4-15(19)12-20(22(21)30)24(32)26-17-5-3-6-18(13-17)29(33)34/h1-13,30H,(H2,25,31)(H,26,32). The smallest absolute Gasteiger partial charge is 0.271 e. The van der Waals surface area contributed by atoms with E-state index < -0.39 is 22.5 Å². The average Bonchev–Trinajstić information content (AvgIpc) is 2.83. The van der Waals surface area contributed by atoms with Gasteiger partial charge in [0.15, 0.2) is 5.75 Å². The van der Waals surface area contributed by atoms with Gasteiger partial charge in [0.25, 0.3) is 11.6 Å². The van der Waals surface area contributed by atoms with E-state index in [1.165, 1.54) is 42.5 Å². The number of hydrogen-bond acceptors (Lipinski definition) is 7. The van der Waals surface area contributed by atoms with E-state index in [1.54, 1.807) is 36.4 Å². The zero-order valence-corrected chi connectivity index (χ0v) is 17.5. The number of primary amides is 1. The van der Waals surface area contributed by atoms with Gasteiger partial charge >= 0.3 is 0 Å². The van der Waals surface area contributed by atoms with Gasteiger partial charge < -0.3 is 16.2 Å². The summed E-state index contributed by atoms with van der Waals surface area (Å²) in [4.78, 5) is 34.6. The first kappa shape index (κ1) is 22.1. The van der Waals surface area contributed by atoms with Gasteiger partial charge in [-0.3, -0.25) is 19.7 Å². The average molecular weight is 455 g/mol. The fourth-order valence-electron chi connectivity index (χ4n) is 3.29. The Balaban J connectivity index is 1.72. The normalized spacial score (nSPS) is 10.9. The minimum atomic E-state index is -0.675. The zero-order valence-electron chi connectivity index (χ0n) is 17.5. The zero-order chi connectivity index (χ0) is 24.2. The highest BCUT2D eigenvalue weighted by Crippen LogP contribution is 2.39. The molecule has 4 N–H and O–H groups in total. The molecule has 0 bridgehead atoms. The Morgan fingerprint density at radius 2 is 1.68 bits per heavy atom. The number of nitro benzene ring substituents is 1. The number of aromatic hydroxyl groups is 1. The molecule has 0 atom stereocenters. The number of rotatable bonds is 6. The van der Waals surface area contributed by atoms with Crippen LogP contribution in [0.5, 0.6) is 5.75 Å². The number of nitrogens with one attached hydrogen (secondary N) is 1. The lowest BCUT2D eigenvalue weighted by Gasteiger charge is -2.11. The number of phenols is 1. The molecule has 4 aromatic rings. The minimum absolute atomic E-state index is 0.0706. The topological polar surface area (TPSA) is 160 Å². The molecule has 168 valence electrons. The third-order valence-electron chi connectivity index (χ3n) is 4.97. The number of azo groups is 1. The molecule has 0 spiro atoms. The van der Waals surface area contributed by atoms with Gasteiger partial charge in [0.1, 0.15) is 5.69 Å². The first-order valence-corrected chi connectivity index (χ1v) is 9.95. The Kier molecular flexibility index (Phi) is 5.95. The van der Waals surface area contributed by atoms with Crippen LogP contribution >= 0.6 is 0 Å². The van der Waals surface area contributed by atoms with Crippen molar-refractivity contribution in [2.24, 2.45) is 16.0 Å². The molecule has 0 unspecified atom stereocenters. The van der Waals surface area contributed by atoms with Crippen LogP contribution < -0.4 is 11.1 Å². The molecule has 4 rings (SSSR count). The van der Waals surface area contributed by atoms with Gasteiger partial charge in [-0.15, -0.1) is 5.11 Å². The summed E-state index contributed by atoms with van der Waals surface area (Å²) >= 11 is 0. The van der Waals surface area contributed by atoms with Crippen LogP contribution in [0.15, 0.2) is 89.1 Å². The number of non-ortho nitro benzene ring substituents is 1. The number of fused-ring (bicyclic) bond motifs is 1. The van der Waals surface area contributed by atoms with Gasteiger partial charge in [-0.1, -0.05) is 30.3 Å². The quantitative estimate of drug-likeness (QED) is 0.206. The molecule has 10 nitrogen and oxygen atoms in total. The lowest BCUT2D eigenvalue weighted by molar-refractivity contribution is -0.384. The molecule has 0 saturated heterocycles. The maximum absolute atomic E-state index is 12.9. The summed E-state index contributed by atoms with van der Waals surface area (Å²) in [5.41, 5.74) is 5.96. The molecule has 0 fully saturated rings. The molecule has 0 aromatic heterocycles. The number of amides is 2. The van der Waals surface area contributed by atoms with Gasteiger partial charge in [-0.25, -0.2) is 0 Å². The predicted molar refractivity (Wildman–Crippen MR) is 126 cm³/mol. The van der Waals surface area contributed by atoms with Crippen molar-refractivity contribution < 1.29 is 19.6 Å². The summed E-state index contributed by atoms with van der Waals surface area (Å²) in [7, 11) is 0. The molecule has 0 heterocycles. The maximum Gasteiger partial charge on any atom is 0.271 e. The van der Waals surface area contributed by atoms with Gasteiger partial charge in [-0.2, -0.15) is 5.11 Å². The largest absolute Gasteiger partial charge is 0.505 e. The maximum atomic E-state index is 12.9. The number of nitrogens with zero attached hydrogens (tertiary/aromatic N) is 3. The fraction of sp³-hybridized carbons (Fsp3) is 0. The van der Waals surface area contributed by atoms with E-state index in [9.17, 15) is 24.8 Å². The van der Waals surface area contributed by atoms with E-state index in [4.69, 9.17) is 5.73 Å². The first-order chi connectivity index (χ1) is 16.3. The van der Waals surface area contributed by atoms with Gasteiger partial charge in [0, 0.05) is 28.8 Å². The van der Waals surface area contributed by atoms with Crippen molar-refractivity contribution in [2.45, 2.75) is 0 Å². The molecule has 0 aliphatic heterocycles. The molecule has 0 radical (unpaired) electrons. The summed E-state index contributed by atoms with van der Waals surface area (Å²) in [6, 6.07) is 20.0. The van der Waals surface area contributed by atoms with E-state index in [1.807, 2.05) is 0 Å². The Hall–Kier alpha value is -5.12. The van der Waals surface area contributed by atoms with E-state index >= 15 is 0 Å². The van der Waals surface area contributed by atoms with Crippen LogP contribution in [0.25, 0.3) is 10.8 Å². The number of carbonyl (C=O) groups is 2. The lowest BCUT2D eigenvalue weighted by atomic mass is 10.0. The Bertz CT molecular complexity index is 1460. The van der Waals surface area contributed by atoms with E-state index in [0.29, 0.717) is 22.0 Å². The van der Waals surface area contributed by atoms with Crippen LogP contribution in [0, 0.1) is 10.1 Å². The predicted octanol–water partition coefficient (Wildman–Crippen LogP) is 5.22. The molecular formula is C24H17N5O5. The van der Waals surface area contributed by atoms with Crippen LogP contribution in [0.2, 0.25) is 0 Å². The third-order valence-corrected chi connectivity index (χ3v) is 4.97. The first-order valence-electron chi connectivity index (χ1n) is 9.95. The van der Waals surface area contributed by atoms with Crippen LogP contribution in [0.1, 0.15) is 20.7 Å². The van der Waals surface area contributed by atoms with Crippen LogP contribution in [-0.2, 0) is 0 Å². The van der Waals surface area contributed by atoms with Crippen molar-refractivity contribution in [3.05, 3.63) is 100 Å². The Morgan fingerprint density at radius 3 is 2.38 bits per heavy atom. The molecular weight excluding hydrogens is 438 g/mol. The van der Waals surface area contributed by atoms with Gasteiger partial charge in [0.2, 0.25) is 5.91 Å². The molecule has 0 aliphatic rings. The number of anilines is 1. The van der Waals surface area contributed by atoms with E-state index in [2.05, 4.69) is 15.5 Å². The van der Waals surface area contributed by atoms with Crippen LogP contribution in [0.3, 0.4) is 0 Å². The summed E-state index contributed by atoms with van der Waals surface area (Å²) in [5.74, 6) is -1.65. The molecule has 34 heavy (non-hydrogen) atoms. The van der Waals surface area contributed by atoms with Gasteiger partial charge in [-0.05, 0) is 41.8 Å². The second kappa shape index (κ2) is 9.17. The molecule has 0 aliphatic carbocycles. The highest BCUT2D eigenvalue weighted by molar-refractivity contribution is 6.11. The van der Waals surface area contributed by atoms with Crippen LogP contribution in [0.4, 0.5) is 22.7 Å². The molecule has 2 amide bonds. The van der Waals surface area contributed by atoms with Crippen molar-refractivity contribution in [2.75, 3.05) is 5.32 Å². The third kappa shape index (κ3) is 4.55. The van der Waals surface area contributed by atoms with Gasteiger partial charge in [0.05, 0.1) is 16.2 Å². The van der Waals surface area contributed by atoms with Crippen molar-refractivity contribution in [1.82, 2.24) is 0 Å². The van der Waals surface area contributed by atoms with Crippen molar-refractivity contribution in [3.63, 3.8) is 0 Å². The highest BCUT2D eigenvalue weighted by Gasteiger charge is 2.19. The number of nitro groups is 1. The summed E-state index contributed by atoms with van der Waals surface area (Å²) in [5, 5.41) is 33.9. The second-order valence-corrected chi connectivity index (χ2v) is 7.22. The Labute approximate surface area is 192 Å². The van der Waals surface area contributed by atoms with Crippen molar-refractivity contribution >= 4 is 45.3 Å². The lowest BCUT2D eigenvalue weighted by Crippen LogP contribution is -2.12. The van der Waals surface area contributed by atoms with Crippen molar-refractivity contribution in [1.29, 1.82) is 0 Å². The number of carbonyl (C=O) groups excluding carboxylic acids is 2. The fourth-order valence-corrected chi connectivity index (χ4v) is 3.29. The number of hydrogen-bond donors (Lipinski definition) is 3. The van der Waals surface area contributed by atoms with E-state index in [-0.39, 0.29) is 22.6 Å². The molecule has 4 aromatic carbocycles. The molecule has 0 saturated carbocycles. The number of nitrogens with two attached hydrogens (primary N) is 1. The highest BCUT2D eigenvalue weighted by atomic mass is 16.6. The second-order valence-electron chi connectivity index (χ2n) is 7.22. The monoisotopic (exact) mass is 455 g/mol.